The second-order valence-corrected chi connectivity index (χ2v) is 5.83. The first kappa shape index (κ1) is 14.3. The summed E-state index contributed by atoms with van der Waals surface area (Å²) in [6, 6.07) is 0. The molecular formula is C15H23N5O. The van der Waals surface area contributed by atoms with Crippen molar-refractivity contribution in [1.82, 2.24) is 19.7 Å². The summed E-state index contributed by atoms with van der Waals surface area (Å²) in [7, 11) is 1.88. The lowest BCUT2D eigenvalue weighted by atomic mass is 9.88. The van der Waals surface area contributed by atoms with Crippen molar-refractivity contribution in [2.75, 3.05) is 18.5 Å². The fraction of sp³-hybridized carbons (Fsp3) is 0.667. The van der Waals surface area contributed by atoms with Crippen LogP contribution in [-0.2, 0) is 11.8 Å². The first-order chi connectivity index (χ1) is 10.3. The van der Waals surface area contributed by atoms with Gasteiger partial charge < -0.3 is 10.1 Å². The quantitative estimate of drug-likeness (QED) is 0.856. The minimum Gasteiger partial charge on any atom is -0.376 e. The van der Waals surface area contributed by atoms with Crippen molar-refractivity contribution >= 4 is 16.9 Å². The number of ether oxygens (including phenoxy) is 1. The van der Waals surface area contributed by atoms with E-state index < -0.39 is 0 Å². The van der Waals surface area contributed by atoms with Crippen LogP contribution in [0.15, 0.2) is 12.5 Å². The van der Waals surface area contributed by atoms with E-state index >= 15 is 0 Å². The van der Waals surface area contributed by atoms with Crippen LogP contribution >= 0.6 is 0 Å². The number of rotatable bonds is 5. The Labute approximate surface area is 124 Å². The number of hydrogen-bond acceptors (Lipinski definition) is 5. The van der Waals surface area contributed by atoms with E-state index in [9.17, 15) is 0 Å². The van der Waals surface area contributed by atoms with Crippen molar-refractivity contribution in [2.45, 2.75) is 38.7 Å². The van der Waals surface area contributed by atoms with Crippen LogP contribution in [0, 0.1) is 5.92 Å². The van der Waals surface area contributed by atoms with Crippen LogP contribution in [0.4, 0.5) is 5.82 Å². The first-order valence-corrected chi connectivity index (χ1v) is 7.74. The summed E-state index contributed by atoms with van der Waals surface area (Å²) in [6.07, 6.45) is 8.91. The fourth-order valence-corrected chi connectivity index (χ4v) is 3.01. The highest BCUT2D eigenvalue weighted by Crippen LogP contribution is 2.26. The smallest absolute Gasteiger partial charge is 0.163 e. The molecular weight excluding hydrogens is 266 g/mol. The van der Waals surface area contributed by atoms with Gasteiger partial charge in [-0.1, -0.05) is 19.8 Å². The molecule has 0 spiro atoms. The number of anilines is 1. The molecule has 6 nitrogen and oxygen atoms in total. The summed E-state index contributed by atoms with van der Waals surface area (Å²) in [5.74, 6) is 1.51. The molecule has 2 aromatic rings. The van der Waals surface area contributed by atoms with Crippen LogP contribution in [0.3, 0.4) is 0 Å². The van der Waals surface area contributed by atoms with E-state index in [0.29, 0.717) is 18.6 Å². The Kier molecular flexibility index (Phi) is 4.34. The van der Waals surface area contributed by atoms with E-state index in [1.807, 2.05) is 7.05 Å². The van der Waals surface area contributed by atoms with Crippen LogP contribution in [0.5, 0.6) is 0 Å². The second kappa shape index (κ2) is 6.39. The highest BCUT2D eigenvalue weighted by molar-refractivity contribution is 5.85. The van der Waals surface area contributed by atoms with Crippen molar-refractivity contribution < 1.29 is 4.74 Å². The maximum absolute atomic E-state index is 6.01. The van der Waals surface area contributed by atoms with Crippen LogP contribution in [0.25, 0.3) is 11.0 Å². The predicted molar refractivity (Wildman–Crippen MR) is 82.2 cm³/mol. The third-order valence-electron chi connectivity index (χ3n) is 4.29. The summed E-state index contributed by atoms with van der Waals surface area (Å²) in [4.78, 5) is 8.52. The maximum atomic E-state index is 6.01. The standard InChI is InChI=1S/C15H23N5O/c1-11-5-3-4-6-13(11)21-8-7-16-14-12-9-19-20(2)15(12)18-10-17-14/h9-11,13H,3-8H2,1-2H3,(H,16,17,18)/t11-,13+/m1/s1. The van der Waals surface area contributed by atoms with Crippen LogP contribution < -0.4 is 5.32 Å². The molecule has 2 heterocycles. The topological polar surface area (TPSA) is 64.9 Å². The van der Waals surface area contributed by atoms with Gasteiger partial charge in [0.05, 0.1) is 24.3 Å². The highest BCUT2D eigenvalue weighted by atomic mass is 16.5. The summed E-state index contributed by atoms with van der Waals surface area (Å²) in [5.41, 5.74) is 0.842. The van der Waals surface area contributed by atoms with Crippen molar-refractivity contribution in [2.24, 2.45) is 13.0 Å². The van der Waals surface area contributed by atoms with Crippen molar-refractivity contribution in [3.8, 4) is 0 Å². The van der Waals surface area contributed by atoms with Gasteiger partial charge in [-0.05, 0) is 18.8 Å². The zero-order chi connectivity index (χ0) is 14.7. The van der Waals surface area contributed by atoms with E-state index in [2.05, 4.69) is 27.3 Å². The van der Waals surface area contributed by atoms with Gasteiger partial charge in [0, 0.05) is 13.6 Å². The molecule has 6 heteroatoms. The van der Waals surface area contributed by atoms with Gasteiger partial charge in [-0.2, -0.15) is 5.10 Å². The molecule has 0 aromatic carbocycles. The van der Waals surface area contributed by atoms with Gasteiger partial charge in [0.15, 0.2) is 5.65 Å². The van der Waals surface area contributed by atoms with Crippen molar-refractivity contribution in [3.63, 3.8) is 0 Å². The Bertz CT molecular complexity index is 597. The molecule has 0 bridgehead atoms. The van der Waals surface area contributed by atoms with Crippen LogP contribution in [0.1, 0.15) is 32.6 Å². The molecule has 1 fully saturated rings. The third kappa shape index (κ3) is 3.15. The third-order valence-corrected chi connectivity index (χ3v) is 4.29. The first-order valence-electron chi connectivity index (χ1n) is 7.74. The largest absolute Gasteiger partial charge is 0.376 e. The molecule has 21 heavy (non-hydrogen) atoms. The number of nitrogens with one attached hydrogen (secondary N) is 1. The minimum atomic E-state index is 0.421. The van der Waals surface area contributed by atoms with E-state index in [1.54, 1.807) is 17.2 Å². The minimum absolute atomic E-state index is 0.421. The van der Waals surface area contributed by atoms with E-state index in [1.165, 1.54) is 25.7 Å². The highest BCUT2D eigenvalue weighted by Gasteiger charge is 2.21. The zero-order valence-corrected chi connectivity index (χ0v) is 12.7. The fourth-order valence-electron chi connectivity index (χ4n) is 3.01. The molecule has 114 valence electrons. The Morgan fingerprint density at radius 3 is 3.05 bits per heavy atom. The Morgan fingerprint density at radius 2 is 2.19 bits per heavy atom. The number of aryl methyl sites for hydroxylation is 1. The maximum Gasteiger partial charge on any atom is 0.163 e. The molecule has 0 radical (unpaired) electrons. The lowest BCUT2D eigenvalue weighted by molar-refractivity contribution is 0.000380. The average molecular weight is 289 g/mol. The Hall–Kier alpha value is -1.69. The molecule has 0 aliphatic heterocycles. The van der Waals surface area contributed by atoms with Gasteiger partial charge in [-0.3, -0.25) is 4.68 Å². The molecule has 1 aliphatic carbocycles. The zero-order valence-electron chi connectivity index (χ0n) is 12.7. The van der Waals surface area contributed by atoms with E-state index in [-0.39, 0.29) is 0 Å². The van der Waals surface area contributed by atoms with Gasteiger partial charge in [-0.15, -0.1) is 0 Å². The number of hydrogen-bond donors (Lipinski definition) is 1. The van der Waals surface area contributed by atoms with Crippen molar-refractivity contribution in [1.29, 1.82) is 0 Å². The molecule has 1 aliphatic rings. The molecule has 1 saturated carbocycles. The molecule has 0 unspecified atom stereocenters. The lowest BCUT2D eigenvalue weighted by Crippen LogP contribution is -2.27. The summed E-state index contributed by atoms with van der Waals surface area (Å²) in [5, 5.41) is 8.49. The van der Waals surface area contributed by atoms with Gasteiger partial charge in [-0.25, -0.2) is 9.97 Å². The van der Waals surface area contributed by atoms with Gasteiger partial charge in [0.1, 0.15) is 12.1 Å². The van der Waals surface area contributed by atoms with Gasteiger partial charge in [0.2, 0.25) is 0 Å². The SMILES string of the molecule is C[C@@H]1CCCC[C@@H]1OCCNc1ncnc2c1cnn2C. The Morgan fingerprint density at radius 1 is 1.33 bits per heavy atom. The number of aromatic nitrogens is 4. The second-order valence-electron chi connectivity index (χ2n) is 5.83. The lowest BCUT2D eigenvalue weighted by Gasteiger charge is -2.28. The van der Waals surface area contributed by atoms with Gasteiger partial charge >= 0.3 is 0 Å². The van der Waals surface area contributed by atoms with E-state index in [4.69, 9.17) is 4.74 Å². The monoisotopic (exact) mass is 289 g/mol. The number of fused-ring (bicyclic) bond motifs is 1. The predicted octanol–water partition coefficient (Wildman–Crippen LogP) is 2.37. The molecule has 2 atom stereocenters. The summed E-state index contributed by atoms with van der Waals surface area (Å²) < 4.78 is 7.76. The molecule has 2 aromatic heterocycles. The summed E-state index contributed by atoms with van der Waals surface area (Å²) >= 11 is 0. The molecule has 3 rings (SSSR count). The summed E-state index contributed by atoms with van der Waals surface area (Å²) in [6.45, 7) is 3.76. The van der Waals surface area contributed by atoms with Crippen molar-refractivity contribution in [3.05, 3.63) is 12.5 Å². The van der Waals surface area contributed by atoms with E-state index in [0.717, 1.165) is 23.4 Å². The van der Waals surface area contributed by atoms with Gasteiger partial charge in [0.25, 0.3) is 0 Å². The normalized spacial score (nSPS) is 22.6. The molecule has 1 N–H and O–H groups in total. The van der Waals surface area contributed by atoms with Crippen LogP contribution in [0.2, 0.25) is 0 Å². The van der Waals surface area contributed by atoms with Crippen LogP contribution in [-0.4, -0.2) is 39.0 Å². The Balaban J connectivity index is 1.52. The molecule has 0 saturated heterocycles. The molecule has 0 amide bonds. The average Bonchev–Trinajstić information content (AvgIpc) is 2.88. The number of nitrogens with zero attached hydrogens (tertiary/aromatic N) is 4.